The Kier molecular flexibility index (Phi) is 6.30. The highest BCUT2D eigenvalue weighted by Gasteiger charge is 2.70. The lowest BCUT2D eigenvalue weighted by atomic mass is 9.32. The van der Waals surface area contributed by atoms with Crippen molar-refractivity contribution in [3.8, 4) is 0 Å². The van der Waals surface area contributed by atoms with E-state index in [1.807, 2.05) is 12.1 Å². The zero-order valence-electron chi connectivity index (χ0n) is 25.8. The van der Waals surface area contributed by atoms with E-state index >= 15 is 0 Å². The molecule has 0 unspecified atom stereocenters. The summed E-state index contributed by atoms with van der Waals surface area (Å²) in [6.07, 6.45) is 16.3. The average Bonchev–Trinajstić information content (AvgIpc) is 3.24. The molecule has 1 aromatic rings. The topological polar surface area (TPSA) is 39.2 Å². The number of esters is 1. The molecule has 0 spiro atoms. The quantitative estimate of drug-likeness (QED) is 0.288. The monoisotopic (exact) mass is 531 g/mol. The average molecular weight is 532 g/mol. The zero-order valence-corrected chi connectivity index (χ0v) is 25.8. The van der Waals surface area contributed by atoms with E-state index in [0.717, 1.165) is 30.1 Å². The van der Waals surface area contributed by atoms with Gasteiger partial charge in [-0.3, -0.25) is 4.98 Å². The fraction of sp³-hybridized carbons (Fsp3) is 0.778. The molecule has 5 saturated carbocycles. The van der Waals surface area contributed by atoms with Crippen molar-refractivity contribution in [2.45, 2.75) is 119 Å². The van der Waals surface area contributed by atoms with Gasteiger partial charge in [0, 0.05) is 17.8 Å². The molecule has 39 heavy (non-hydrogen) atoms. The first-order chi connectivity index (χ1) is 18.3. The van der Waals surface area contributed by atoms with Crippen LogP contribution in [-0.4, -0.2) is 17.1 Å². The number of hydrogen-bond acceptors (Lipinski definition) is 3. The Labute approximate surface area is 238 Å². The molecule has 6 rings (SSSR count). The fourth-order valence-corrected chi connectivity index (χ4v) is 12.4. The Morgan fingerprint density at radius 2 is 1.67 bits per heavy atom. The lowest BCUT2D eigenvalue weighted by Gasteiger charge is -2.73. The van der Waals surface area contributed by atoms with Crippen LogP contribution in [0.25, 0.3) is 0 Å². The van der Waals surface area contributed by atoms with Gasteiger partial charge >= 0.3 is 5.97 Å². The maximum atomic E-state index is 13.0. The smallest absolute Gasteiger partial charge is 0.339 e. The largest absolute Gasteiger partial charge is 0.458 e. The van der Waals surface area contributed by atoms with Crippen LogP contribution in [0.1, 0.15) is 123 Å². The predicted molar refractivity (Wildman–Crippen MR) is 158 cm³/mol. The van der Waals surface area contributed by atoms with Crippen LogP contribution in [-0.2, 0) is 4.74 Å². The van der Waals surface area contributed by atoms with E-state index in [9.17, 15) is 4.79 Å². The number of carbonyl (C=O) groups excluding carboxylic acids is 1. The molecule has 0 N–H and O–H groups in total. The summed E-state index contributed by atoms with van der Waals surface area (Å²) < 4.78 is 6.26. The van der Waals surface area contributed by atoms with Crippen LogP contribution in [0, 0.1) is 56.7 Å². The Morgan fingerprint density at radius 3 is 2.36 bits per heavy atom. The van der Waals surface area contributed by atoms with E-state index in [1.54, 1.807) is 12.4 Å². The first-order valence-electron chi connectivity index (χ1n) is 16.0. The molecule has 214 valence electrons. The van der Waals surface area contributed by atoms with E-state index in [-0.39, 0.29) is 17.5 Å². The molecule has 0 radical (unpaired) electrons. The zero-order chi connectivity index (χ0) is 28.0. The van der Waals surface area contributed by atoms with Crippen molar-refractivity contribution in [3.63, 3.8) is 0 Å². The van der Waals surface area contributed by atoms with Gasteiger partial charge in [-0.05, 0) is 135 Å². The number of nitrogens with zero attached hydrogens (tertiary/aromatic N) is 1. The number of hydrogen-bond donors (Lipinski definition) is 0. The summed E-state index contributed by atoms with van der Waals surface area (Å²) >= 11 is 0. The number of pyridine rings is 1. The summed E-state index contributed by atoms with van der Waals surface area (Å²) in [5.41, 5.74) is 3.55. The third kappa shape index (κ3) is 3.72. The SMILES string of the molecule is C=C(C)[C@@H]1CC[C@]2(C)CC[C@]3(C)[C@H](CC[C@@H]4[C@@]5(C)CC[C@H](OC(=O)c6cccnc6)C(C)(C)[C@@H]5CC[C@]43C)[C@@H]12. The normalized spacial score (nSPS) is 48.2. The molecule has 1 heterocycles. The molecule has 5 aliphatic carbocycles. The van der Waals surface area contributed by atoms with Crippen molar-refractivity contribution in [1.29, 1.82) is 0 Å². The van der Waals surface area contributed by atoms with Gasteiger partial charge in [0.1, 0.15) is 6.10 Å². The van der Waals surface area contributed by atoms with Crippen molar-refractivity contribution in [2.75, 3.05) is 0 Å². The molecule has 0 aliphatic heterocycles. The minimum atomic E-state index is -0.215. The van der Waals surface area contributed by atoms with Crippen LogP contribution in [0.4, 0.5) is 0 Å². The minimum Gasteiger partial charge on any atom is -0.458 e. The summed E-state index contributed by atoms with van der Waals surface area (Å²) in [7, 11) is 0. The summed E-state index contributed by atoms with van der Waals surface area (Å²) in [5.74, 6) is 3.46. The second-order valence-electron chi connectivity index (χ2n) is 16.3. The Balaban J connectivity index is 1.28. The van der Waals surface area contributed by atoms with Gasteiger partial charge in [0.15, 0.2) is 0 Å². The van der Waals surface area contributed by atoms with Crippen molar-refractivity contribution in [1.82, 2.24) is 4.98 Å². The molecule has 0 aromatic carbocycles. The van der Waals surface area contributed by atoms with Crippen LogP contribution in [0.2, 0.25) is 0 Å². The maximum absolute atomic E-state index is 13.0. The van der Waals surface area contributed by atoms with Crippen molar-refractivity contribution >= 4 is 5.97 Å². The van der Waals surface area contributed by atoms with E-state index in [1.165, 1.54) is 63.4 Å². The van der Waals surface area contributed by atoms with Crippen LogP contribution in [0.15, 0.2) is 36.7 Å². The number of rotatable bonds is 3. The minimum absolute atomic E-state index is 0.0361. The highest BCUT2D eigenvalue weighted by atomic mass is 16.5. The molecule has 5 fully saturated rings. The van der Waals surface area contributed by atoms with Crippen LogP contribution in [0.3, 0.4) is 0 Å². The van der Waals surface area contributed by atoms with Crippen LogP contribution < -0.4 is 0 Å². The lowest BCUT2D eigenvalue weighted by molar-refractivity contribution is -0.246. The molecule has 1 aromatic heterocycles. The van der Waals surface area contributed by atoms with E-state index in [0.29, 0.717) is 33.1 Å². The molecule has 10 atom stereocenters. The van der Waals surface area contributed by atoms with Gasteiger partial charge in [-0.15, -0.1) is 0 Å². The van der Waals surface area contributed by atoms with Gasteiger partial charge in [0.2, 0.25) is 0 Å². The Hall–Kier alpha value is -1.64. The summed E-state index contributed by atoms with van der Waals surface area (Å²) in [6.45, 7) is 22.3. The first kappa shape index (κ1) is 27.5. The highest BCUT2D eigenvalue weighted by molar-refractivity contribution is 5.89. The van der Waals surface area contributed by atoms with E-state index in [4.69, 9.17) is 4.74 Å². The maximum Gasteiger partial charge on any atom is 0.339 e. The highest BCUT2D eigenvalue weighted by Crippen LogP contribution is 2.77. The van der Waals surface area contributed by atoms with Gasteiger partial charge < -0.3 is 4.74 Å². The third-order valence-electron chi connectivity index (χ3n) is 14.6. The van der Waals surface area contributed by atoms with Crippen molar-refractivity contribution < 1.29 is 9.53 Å². The lowest BCUT2D eigenvalue weighted by Crippen LogP contribution is -2.66. The van der Waals surface area contributed by atoms with Crippen LogP contribution in [0.5, 0.6) is 0 Å². The standard InChI is InChI=1S/C36H53NO2/c1-23(2)25-13-16-33(5)19-20-35(7)26(30(25)33)11-12-28-34(6)17-15-29(39-31(38)24-10-9-21-37-22-24)32(3,4)27(34)14-18-36(28,35)8/h9-10,21-22,25-30H,1,11-20H2,2-8H3/t25-,26+,27-,28+,29-,30+,33+,34-,35+,36+/m0/s1. The van der Waals surface area contributed by atoms with Crippen molar-refractivity contribution in [3.05, 3.63) is 42.2 Å². The number of ether oxygens (including phenoxy) is 1. The number of carbonyl (C=O) groups is 1. The molecule has 0 bridgehead atoms. The van der Waals surface area contributed by atoms with Gasteiger partial charge in [0.05, 0.1) is 5.56 Å². The van der Waals surface area contributed by atoms with E-state index in [2.05, 4.69) is 60.0 Å². The van der Waals surface area contributed by atoms with Crippen molar-refractivity contribution in [2.24, 2.45) is 56.7 Å². The molecule has 5 aliphatic rings. The molecule has 3 nitrogen and oxygen atoms in total. The summed E-state index contributed by atoms with van der Waals surface area (Å²) in [4.78, 5) is 17.2. The number of allylic oxidation sites excluding steroid dienone is 1. The summed E-state index contributed by atoms with van der Waals surface area (Å²) in [6, 6.07) is 3.63. The number of fused-ring (bicyclic) bond motifs is 7. The fourth-order valence-electron chi connectivity index (χ4n) is 12.4. The van der Waals surface area contributed by atoms with E-state index < -0.39 is 0 Å². The summed E-state index contributed by atoms with van der Waals surface area (Å²) in [5, 5.41) is 0. The number of aromatic nitrogens is 1. The van der Waals surface area contributed by atoms with Gasteiger partial charge in [-0.1, -0.05) is 53.7 Å². The van der Waals surface area contributed by atoms with Gasteiger partial charge in [0.25, 0.3) is 0 Å². The Bertz CT molecular complexity index is 1140. The first-order valence-corrected chi connectivity index (χ1v) is 16.0. The van der Waals surface area contributed by atoms with Gasteiger partial charge in [-0.25, -0.2) is 4.79 Å². The second kappa shape index (κ2) is 8.93. The molecular formula is C36H53NO2. The second-order valence-corrected chi connectivity index (χ2v) is 16.3. The molecule has 3 heteroatoms. The third-order valence-corrected chi connectivity index (χ3v) is 14.6. The Morgan fingerprint density at radius 1 is 0.897 bits per heavy atom. The predicted octanol–water partition coefficient (Wildman–Crippen LogP) is 9.28. The van der Waals surface area contributed by atoms with Gasteiger partial charge in [-0.2, -0.15) is 0 Å². The molecule has 0 amide bonds. The molecular weight excluding hydrogens is 478 g/mol. The van der Waals surface area contributed by atoms with Crippen LogP contribution >= 0.6 is 0 Å². The molecule has 0 saturated heterocycles.